The highest BCUT2D eigenvalue weighted by Crippen LogP contribution is 2.25. The van der Waals surface area contributed by atoms with E-state index < -0.39 is 58.3 Å². The number of carboxylic acids is 4. The number of primary sulfonamides is 1. The van der Waals surface area contributed by atoms with E-state index in [9.17, 15) is 52.8 Å². The van der Waals surface area contributed by atoms with Crippen LogP contribution in [0.3, 0.4) is 0 Å². The SMILES string of the molecule is NS(=O)(=O)c1nn2cc(-c3ccc(NC(=O)C(C(=O)O)C4CN(CC(=O)O)CCN(CC(=O)O)CCN(CC(=O)O)CCN4)cc3)nc2s1. The second-order valence-electron chi connectivity index (χ2n) is 11.2. The molecule has 1 aromatic carbocycles. The molecule has 1 amide bonds. The number of sulfonamides is 1. The van der Waals surface area contributed by atoms with Crippen LogP contribution in [0.1, 0.15) is 0 Å². The predicted octanol–water partition coefficient (Wildman–Crippen LogP) is -2.12. The second kappa shape index (κ2) is 16.2. The number of aromatic nitrogens is 3. The summed E-state index contributed by atoms with van der Waals surface area (Å²) in [5.41, 5.74) is 1.26. The van der Waals surface area contributed by atoms with Gasteiger partial charge >= 0.3 is 23.9 Å². The number of fused-ring (bicyclic) bond motifs is 1. The summed E-state index contributed by atoms with van der Waals surface area (Å²) in [6.45, 7) is -0.829. The lowest BCUT2D eigenvalue weighted by atomic mass is 9.97. The number of rotatable bonds is 12. The first-order chi connectivity index (χ1) is 23.1. The molecule has 3 aromatic rings. The Hall–Kier alpha value is -4.58. The summed E-state index contributed by atoms with van der Waals surface area (Å²) in [5.74, 6) is -7.57. The minimum Gasteiger partial charge on any atom is -0.481 e. The molecule has 1 aliphatic rings. The van der Waals surface area contributed by atoms with Crippen LogP contribution in [0.5, 0.6) is 0 Å². The average molecular weight is 726 g/mol. The molecule has 266 valence electrons. The van der Waals surface area contributed by atoms with Gasteiger partial charge in [-0.3, -0.25) is 38.7 Å². The minimum atomic E-state index is -4.00. The number of anilines is 1. The quantitative estimate of drug-likeness (QED) is 0.0982. The van der Waals surface area contributed by atoms with Crippen LogP contribution >= 0.6 is 11.3 Å². The molecule has 0 radical (unpaired) electrons. The summed E-state index contributed by atoms with van der Waals surface area (Å²) >= 11 is 0.785. The summed E-state index contributed by atoms with van der Waals surface area (Å²) in [6.07, 6.45) is 1.49. The van der Waals surface area contributed by atoms with E-state index in [1.54, 1.807) is 17.0 Å². The van der Waals surface area contributed by atoms with Crippen LogP contribution in [0.2, 0.25) is 0 Å². The van der Waals surface area contributed by atoms with Crippen LogP contribution in [-0.4, -0.2) is 159 Å². The van der Waals surface area contributed by atoms with Crippen molar-refractivity contribution in [2.24, 2.45) is 11.1 Å². The van der Waals surface area contributed by atoms with Gasteiger partial charge in [0, 0.05) is 63.1 Å². The van der Waals surface area contributed by atoms with E-state index in [4.69, 9.17) is 5.14 Å². The van der Waals surface area contributed by atoms with E-state index in [0.29, 0.717) is 11.3 Å². The van der Waals surface area contributed by atoms with Crippen molar-refractivity contribution in [1.82, 2.24) is 34.6 Å². The van der Waals surface area contributed by atoms with Gasteiger partial charge in [-0.1, -0.05) is 23.5 Å². The number of benzene rings is 1. The van der Waals surface area contributed by atoms with Gasteiger partial charge in [0.15, 0.2) is 5.92 Å². The molecule has 0 saturated carbocycles. The van der Waals surface area contributed by atoms with Gasteiger partial charge in [-0.15, -0.1) is 5.10 Å². The zero-order valence-corrected chi connectivity index (χ0v) is 27.5. The van der Waals surface area contributed by atoms with Crippen LogP contribution in [-0.2, 0) is 34.0 Å². The summed E-state index contributed by atoms with van der Waals surface area (Å²) in [4.78, 5) is 69.7. The Morgan fingerprint density at radius 3 is 1.98 bits per heavy atom. The monoisotopic (exact) mass is 725 g/mol. The third-order valence-electron chi connectivity index (χ3n) is 7.50. The lowest BCUT2D eigenvalue weighted by molar-refractivity contribution is -0.147. The number of hydrogen-bond acceptors (Lipinski definition) is 14. The Balaban J connectivity index is 1.53. The smallest absolute Gasteiger partial charge is 0.317 e. The largest absolute Gasteiger partial charge is 0.481 e. The van der Waals surface area contributed by atoms with Crippen LogP contribution in [0.4, 0.5) is 5.69 Å². The number of carbonyl (C=O) groups excluding carboxylic acids is 1. The molecule has 49 heavy (non-hydrogen) atoms. The number of nitrogens with two attached hydrogens (primary N) is 1. The molecule has 0 bridgehead atoms. The number of carbonyl (C=O) groups is 5. The van der Waals surface area contributed by atoms with Crippen LogP contribution < -0.4 is 15.8 Å². The van der Waals surface area contributed by atoms with Gasteiger partial charge in [0.25, 0.3) is 10.0 Å². The molecule has 22 heteroatoms. The van der Waals surface area contributed by atoms with Gasteiger partial charge in [-0.2, -0.15) is 0 Å². The Kier molecular flexibility index (Phi) is 12.3. The van der Waals surface area contributed by atoms with Crippen molar-refractivity contribution in [3.8, 4) is 11.3 Å². The molecular formula is C27H35N9O11S2. The third kappa shape index (κ3) is 10.7. The molecule has 2 unspecified atom stereocenters. The summed E-state index contributed by atoms with van der Waals surface area (Å²) < 4.78 is 24.1. The predicted molar refractivity (Wildman–Crippen MR) is 171 cm³/mol. The topological polar surface area (TPSA) is 290 Å². The lowest BCUT2D eigenvalue weighted by Gasteiger charge is -2.34. The Labute approximate surface area is 282 Å². The van der Waals surface area contributed by atoms with Gasteiger partial charge in [-0.05, 0) is 12.1 Å². The van der Waals surface area contributed by atoms with E-state index in [2.05, 4.69) is 20.7 Å². The maximum atomic E-state index is 13.5. The molecule has 8 N–H and O–H groups in total. The van der Waals surface area contributed by atoms with E-state index in [1.165, 1.54) is 32.6 Å². The third-order valence-corrected chi connectivity index (χ3v) is 9.73. The number of carboxylic acid groups (broad SMARTS) is 4. The molecular weight excluding hydrogens is 690 g/mol. The number of nitrogens with zero attached hydrogens (tertiary/aromatic N) is 6. The average Bonchev–Trinajstić information content (AvgIpc) is 3.57. The number of nitrogens with one attached hydrogen (secondary N) is 2. The number of amides is 1. The van der Waals surface area contributed by atoms with Crippen molar-refractivity contribution >= 4 is 61.8 Å². The maximum Gasteiger partial charge on any atom is 0.317 e. The Morgan fingerprint density at radius 1 is 0.898 bits per heavy atom. The van der Waals surface area contributed by atoms with Crippen molar-refractivity contribution in [2.75, 3.05) is 70.8 Å². The molecule has 0 spiro atoms. The lowest BCUT2D eigenvalue weighted by Crippen LogP contribution is -2.55. The van der Waals surface area contributed by atoms with Crippen molar-refractivity contribution in [2.45, 2.75) is 10.4 Å². The zero-order chi connectivity index (χ0) is 35.9. The fraction of sp³-hybridized carbons (Fsp3) is 0.444. The zero-order valence-electron chi connectivity index (χ0n) is 25.8. The molecule has 3 heterocycles. The number of aliphatic carboxylic acids is 4. The van der Waals surface area contributed by atoms with Crippen LogP contribution in [0.25, 0.3) is 16.2 Å². The summed E-state index contributed by atoms with van der Waals surface area (Å²) in [7, 11) is -4.00. The molecule has 1 fully saturated rings. The molecule has 20 nitrogen and oxygen atoms in total. The highest BCUT2D eigenvalue weighted by atomic mass is 32.2. The highest BCUT2D eigenvalue weighted by molar-refractivity contribution is 7.91. The van der Waals surface area contributed by atoms with Crippen molar-refractivity contribution in [3.05, 3.63) is 30.5 Å². The number of hydrogen-bond donors (Lipinski definition) is 7. The van der Waals surface area contributed by atoms with E-state index >= 15 is 0 Å². The molecule has 0 aliphatic carbocycles. The summed E-state index contributed by atoms with van der Waals surface area (Å²) in [6, 6.07) is 5.08. The van der Waals surface area contributed by atoms with Gasteiger partial charge in [0.2, 0.25) is 15.2 Å². The molecule has 2 atom stereocenters. The van der Waals surface area contributed by atoms with Gasteiger partial charge in [-0.25, -0.2) is 23.1 Å². The van der Waals surface area contributed by atoms with E-state index in [-0.39, 0.29) is 73.9 Å². The molecule has 1 aliphatic heterocycles. The van der Waals surface area contributed by atoms with Gasteiger partial charge < -0.3 is 31.1 Å². The first kappa shape index (κ1) is 37.2. The Bertz CT molecular complexity index is 1760. The van der Waals surface area contributed by atoms with Crippen molar-refractivity contribution in [3.63, 3.8) is 0 Å². The van der Waals surface area contributed by atoms with Crippen LogP contribution in [0, 0.1) is 5.92 Å². The normalized spacial score (nSPS) is 18.3. The van der Waals surface area contributed by atoms with Gasteiger partial charge in [0.05, 0.1) is 31.5 Å². The van der Waals surface area contributed by atoms with E-state index in [0.717, 1.165) is 11.3 Å². The Morgan fingerprint density at radius 2 is 1.45 bits per heavy atom. The van der Waals surface area contributed by atoms with Gasteiger partial charge in [0.1, 0.15) is 0 Å². The maximum absolute atomic E-state index is 13.5. The highest BCUT2D eigenvalue weighted by Gasteiger charge is 2.36. The second-order valence-corrected chi connectivity index (χ2v) is 13.9. The molecule has 2 aromatic heterocycles. The molecule has 4 rings (SSSR count). The standard InChI is InChI=1S/C27H35N9O11S2/c28-49(46,47)27-32-36-12-18(31-26(36)48-27)16-1-3-17(4-2-16)30-24(43)23(25(44)45)19-11-35(15-22(41)42)10-9-34(14-21(39)40)8-7-33(6-5-29-19)13-20(37)38/h1-4,12,19,23,29H,5-11,13-15H2,(H,30,43)(H,37,38)(H,39,40)(H,41,42)(H,44,45)(H2,28,46,47). The molecule has 1 saturated heterocycles. The number of imidazole rings is 1. The van der Waals surface area contributed by atoms with Crippen molar-refractivity contribution in [1.29, 1.82) is 0 Å². The van der Waals surface area contributed by atoms with Crippen LogP contribution in [0.15, 0.2) is 34.8 Å². The fourth-order valence-electron chi connectivity index (χ4n) is 5.24. The van der Waals surface area contributed by atoms with E-state index in [1.807, 2.05) is 0 Å². The van der Waals surface area contributed by atoms with Crippen molar-refractivity contribution < 1.29 is 52.8 Å². The minimum absolute atomic E-state index is 0.0246. The summed E-state index contributed by atoms with van der Waals surface area (Å²) in [5, 5.41) is 53.1. The first-order valence-corrected chi connectivity index (χ1v) is 17.0. The fourth-order valence-corrected chi connectivity index (χ4v) is 6.74. The first-order valence-electron chi connectivity index (χ1n) is 14.7.